The summed E-state index contributed by atoms with van der Waals surface area (Å²) in [5, 5.41) is 3.00. The summed E-state index contributed by atoms with van der Waals surface area (Å²) < 4.78 is 47.5. The van der Waals surface area contributed by atoms with Crippen molar-refractivity contribution >= 4 is 45.3 Å². The molecule has 0 aliphatic carbocycles. The van der Waals surface area contributed by atoms with Gasteiger partial charge in [-0.25, -0.2) is 9.59 Å². The topological polar surface area (TPSA) is 111 Å². The molecule has 2 aromatic carbocycles. The molecular formula is C36H46BrF3N6O4. The standard InChI is InChI=1S/C36H46BrF3N6O4/c1-43-13-6-24(7-14-43)25-8-15-44(16-9-25)33(47)31(22-23-20-28(36(38,39)40)32(41)29(37)21-23)50-35(49)45-17-11-27(12-18-45)46-19-10-26-4-2-3-5-30(26)42-34(46)48/h2-5,20-21,24-25,27,31H,6-19,22,41H2,1H3,(H,42,48). The van der Waals surface area contributed by atoms with Gasteiger partial charge >= 0.3 is 18.3 Å². The average Bonchev–Trinajstić information content (AvgIpc) is 3.27. The largest absolute Gasteiger partial charge is 0.436 e. The number of piperidine rings is 3. The van der Waals surface area contributed by atoms with E-state index < -0.39 is 35.5 Å². The first-order valence-electron chi connectivity index (χ1n) is 17.6. The number of nitrogens with two attached hydrogens (primary N) is 1. The minimum atomic E-state index is -4.70. The number of amides is 4. The second-order valence-corrected chi connectivity index (χ2v) is 15.0. The number of para-hydroxylation sites is 1. The second-order valence-electron chi connectivity index (χ2n) is 14.2. The van der Waals surface area contributed by atoms with Crippen molar-refractivity contribution in [2.24, 2.45) is 11.8 Å². The Balaban J connectivity index is 1.12. The van der Waals surface area contributed by atoms with E-state index in [1.165, 1.54) is 11.0 Å². The van der Waals surface area contributed by atoms with Crippen molar-refractivity contribution in [2.45, 2.75) is 69.7 Å². The normalized spacial score (nSPS) is 21.0. The lowest BCUT2D eigenvalue weighted by Crippen LogP contribution is -2.52. The van der Waals surface area contributed by atoms with E-state index in [1.54, 1.807) is 4.90 Å². The Bertz CT molecular complexity index is 1550. The fourth-order valence-electron chi connectivity index (χ4n) is 8.01. The zero-order chi connectivity index (χ0) is 35.6. The molecule has 4 aliphatic rings. The molecule has 0 radical (unpaired) electrons. The van der Waals surface area contributed by atoms with Crippen LogP contribution in [0.5, 0.6) is 0 Å². The number of ether oxygens (including phenoxy) is 1. The van der Waals surface area contributed by atoms with E-state index in [9.17, 15) is 27.6 Å². The number of nitrogens with one attached hydrogen (secondary N) is 1. The van der Waals surface area contributed by atoms with Gasteiger partial charge in [0.1, 0.15) is 0 Å². The maximum absolute atomic E-state index is 14.0. The van der Waals surface area contributed by atoms with Crippen LogP contribution in [0.2, 0.25) is 0 Å². The summed E-state index contributed by atoms with van der Waals surface area (Å²) in [5.74, 6) is 0.721. The predicted molar refractivity (Wildman–Crippen MR) is 188 cm³/mol. The number of alkyl halides is 3. The Morgan fingerprint density at radius 3 is 2.22 bits per heavy atom. The molecule has 4 heterocycles. The first-order valence-corrected chi connectivity index (χ1v) is 18.4. The van der Waals surface area contributed by atoms with Crippen LogP contribution >= 0.6 is 15.9 Å². The Labute approximate surface area is 299 Å². The number of urea groups is 1. The molecule has 3 fully saturated rings. The Kier molecular flexibility index (Phi) is 11.2. The monoisotopic (exact) mass is 762 g/mol. The highest BCUT2D eigenvalue weighted by atomic mass is 79.9. The van der Waals surface area contributed by atoms with Crippen LogP contribution < -0.4 is 11.1 Å². The number of anilines is 2. The molecule has 4 amide bonds. The highest BCUT2D eigenvalue weighted by Crippen LogP contribution is 2.39. The molecule has 3 N–H and O–H groups in total. The first-order chi connectivity index (χ1) is 23.9. The zero-order valence-electron chi connectivity index (χ0n) is 28.4. The quantitative estimate of drug-likeness (QED) is 0.338. The van der Waals surface area contributed by atoms with E-state index in [0.29, 0.717) is 63.8 Å². The van der Waals surface area contributed by atoms with Crippen LogP contribution in [0, 0.1) is 11.8 Å². The van der Waals surface area contributed by atoms with Crippen molar-refractivity contribution < 1.29 is 32.3 Å². The summed E-state index contributed by atoms with van der Waals surface area (Å²) in [5.41, 5.74) is 6.34. The van der Waals surface area contributed by atoms with Crippen LogP contribution in [0.25, 0.3) is 0 Å². The highest BCUT2D eigenvalue weighted by molar-refractivity contribution is 9.10. The maximum Gasteiger partial charge on any atom is 0.418 e. The smallest absolute Gasteiger partial charge is 0.418 e. The van der Waals surface area contributed by atoms with E-state index in [0.717, 1.165) is 56.1 Å². The highest BCUT2D eigenvalue weighted by Gasteiger charge is 2.38. The van der Waals surface area contributed by atoms with Gasteiger partial charge in [0.05, 0.1) is 11.3 Å². The second kappa shape index (κ2) is 15.4. The number of halogens is 4. The SMILES string of the molecule is CN1CCC(C2CCN(C(=O)C(Cc3cc(Br)c(N)c(C(F)(F)F)c3)OC(=O)N3CCC(N4CCc5ccccc5NC4=O)CC3)CC2)CC1. The number of hydrogen-bond donors (Lipinski definition) is 2. The van der Waals surface area contributed by atoms with Crippen LogP contribution in [0.15, 0.2) is 40.9 Å². The molecule has 50 heavy (non-hydrogen) atoms. The fourth-order valence-corrected chi connectivity index (χ4v) is 8.52. The third-order valence-corrected chi connectivity index (χ3v) is 11.7. The maximum atomic E-state index is 14.0. The average molecular weight is 764 g/mol. The van der Waals surface area contributed by atoms with Crippen molar-refractivity contribution in [3.05, 3.63) is 57.6 Å². The Morgan fingerprint density at radius 1 is 0.940 bits per heavy atom. The zero-order valence-corrected chi connectivity index (χ0v) is 30.0. The van der Waals surface area contributed by atoms with Crippen LogP contribution in [0.3, 0.4) is 0 Å². The number of fused-ring (bicyclic) bond motifs is 1. The van der Waals surface area contributed by atoms with Crippen molar-refractivity contribution in [1.82, 2.24) is 19.6 Å². The lowest BCUT2D eigenvalue weighted by atomic mass is 9.79. The summed E-state index contributed by atoms with van der Waals surface area (Å²) in [6.45, 7) is 4.33. The van der Waals surface area contributed by atoms with Crippen LogP contribution in [-0.4, -0.2) is 103 Å². The van der Waals surface area contributed by atoms with E-state index in [1.807, 2.05) is 29.2 Å². The molecule has 6 rings (SSSR count). The number of nitrogen functional groups attached to an aromatic ring is 1. The number of hydrogen-bond acceptors (Lipinski definition) is 6. The molecule has 0 saturated carbocycles. The van der Waals surface area contributed by atoms with Gasteiger partial charge in [-0.3, -0.25) is 4.79 Å². The Morgan fingerprint density at radius 2 is 1.56 bits per heavy atom. The molecule has 2 aromatic rings. The van der Waals surface area contributed by atoms with E-state index in [4.69, 9.17) is 10.5 Å². The number of carbonyl (C=O) groups excluding carboxylic acids is 3. The predicted octanol–water partition coefficient (Wildman–Crippen LogP) is 6.23. The molecule has 0 bridgehead atoms. The van der Waals surface area contributed by atoms with Crippen LogP contribution in [0.4, 0.5) is 34.1 Å². The first kappa shape index (κ1) is 36.3. The summed E-state index contributed by atoms with van der Waals surface area (Å²) in [7, 11) is 2.13. The summed E-state index contributed by atoms with van der Waals surface area (Å²) >= 11 is 3.14. The van der Waals surface area contributed by atoms with Gasteiger partial charge in [0.25, 0.3) is 5.91 Å². The van der Waals surface area contributed by atoms with Crippen LogP contribution in [0.1, 0.15) is 55.2 Å². The molecule has 1 unspecified atom stereocenters. The minimum absolute atomic E-state index is 0.0570. The molecule has 4 aliphatic heterocycles. The van der Waals surface area contributed by atoms with Gasteiger partial charge in [0.2, 0.25) is 0 Å². The lowest BCUT2D eigenvalue weighted by Gasteiger charge is -2.40. The summed E-state index contributed by atoms with van der Waals surface area (Å²) in [6, 6.07) is 9.84. The van der Waals surface area contributed by atoms with Crippen molar-refractivity contribution in [1.29, 1.82) is 0 Å². The Hall–Kier alpha value is -3.52. The molecular weight excluding hydrogens is 717 g/mol. The number of nitrogens with zero attached hydrogens (tertiary/aromatic N) is 4. The minimum Gasteiger partial charge on any atom is -0.436 e. The fraction of sp³-hybridized carbons (Fsp3) is 0.583. The van der Waals surface area contributed by atoms with E-state index in [2.05, 4.69) is 33.2 Å². The van der Waals surface area contributed by atoms with Gasteiger partial charge in [0.15, 0.2) is 6.10 Å². The van der Waals surface area contributed by atoms with Gasteiger partial charge in [0, 0.05) is 55.3 Å². The van der Waals surface area contributed by atoms with Gasteiger partial charge in [-0.1, -0.05) is 18.2 Å². The van der Waals surface area contributed by atoms with Gasteiger partial charge in [-0.15, -0.1) is 0 Å². The number of carbonyl (C=O) groups is 3. The number of likely N-dealkylation sites (tertiary alicyclic amines) is 3. The number of rotatable bonds is 6. The summed E-state index contributed by atoms with van der Waals surface area (Å²) in [4.78, 5) is 48.1. The molecule has 0 aromatic heterocycles. The van der Waals surface area contributed by atoms with E-state index in [-0.39, 0.29) is 28.5 Å². The number of benzene rings is 2. The van der Waals surface area contributed by atoms with Crippen molar-refractivity contribution in [3.63, 3.8) is 0 Å². The third-order valence-electron chi connectivity index (χ3n) is 11.0. The van der Waals surface area contributed by atoms with Crippen molar-refractivity contribution in [3.8, 4) is 0 Å². The van der Waals surface area contributed by atoms with Gasteiger partial charge < -0.3 is 35.4 Å². The molecule has 3 saturated heterocycles. The van der Waals surface area contributed by atoms with Crippen molar-refractivity contribution in [2.75, 3.05) is 63.9 Å². The van der Waals surface area contributed by atoms with E-state index >= 15 is 0 Å². The molecule has 1 atom stereocenters. The van der Waals surface area contributed by atoms with Gasteiger partial charge in [-0.05, 0) is 122 Å². The third kappa shape index (κ3) is 8.33. The van der Waals surface area contributed by atoms with Crippen LogP contribution in [-0.2, 0) is 28.5 Å². The van der Waals surface area contributed by atoms with Gasteiger partial charge in [-0.2, -0.15) is 13.2 Å². The molecule has 272 valence electrons. The molecule has 14 heteroatoms. The summed E-state index contributed by atoms with van der Waals surface area (Å²) in [6.07, 6.45) is -1.21. The lowest BCUT2D eigenvalue weighted by molar-refractivity contribution is -0.142. The molecule has 10 nitrogen and oxygen atoms in total. The molecule has 0 spiro atoms.